The molecule has 92 valence electrons. The molecule has 5 heteroatoms. The fourth-order valence-corrected chi connectivity index (χ4v) is 2.98. The van der Waals surface area contributed by atoms with E-state index in [2.05, 4.69) is 23.9 Å². The molecule has 0 saturated heterocycles. The normalized spacial score (nSPS) is 11.1. The Bertz CT molecular complexity index is 539. The lowest BCUT2D eigenvalue weighted by molar-refractivity contribution is 0.731. The van der Waals surface area contributed by atoms with Crippen molar-refractivity contribution < 1.29 is 0 Å². The van der Waals surface area contributed by atoms with Gasteiger partial charge in [0.1, 0.15) is 0 Å². The first-order valence-corrected chi connectivity index (χ1v) is 6.53. The maximum absolute atomic E-state index is 5.57. The fraction of sp³-hybridized carbons (Fsp3) is 0.500. The predicted octanol–water partition coefficient (Wildman–Crippen LogP) is 1.97. The maximum Gasteiger partial charge on any atom is 0.0947 e. The molecule has 0 aromatic carbocycles. The van der Waals surface area contributed by atoms with Gasteiger partial charge in [-0.25, -0.2) is 4.98 Å². The van der Waals surface area contributed by atoms with Gasteiger partial charge in [0.05, 0.1) is 16.4 Å². The van der Waals surface area contributed by atoms with Gasteiger partial charge in [0.25, 0.3) is 0 Å². The van der Waals surface area contributed by atoms with Crippen molar-refractivity contribution >= 4 is 11.3 Å². The summed E-state index contributed by atoms with van der Waals surface area (Å²) < 4.78 is 1.91. The van der Waals surface area contributed by atoms with Gasteiger partial charge in [0.15, 0.2) is 0 Å². The largest absolute Gasteiger partial charge is 0.330 e. The molecule has 0 fully saturated rings. The Morgan fingerprint density at radius 3 is 2.53 bits per heavy atom. The van der Waals surface area contributed by atoms with E-state index >= 15 is 0 Å². The lowest BCUT2D eigenvalue weighted by atomic mass is 10.1. The zero-order chi connectivity index (χ0) is 12.6. The number of aromatic nitrogens is 3. The third kappa shape index (κ3) is 2.12. The first-order valence-electron chi connectivity index (χ1n) is 5.71. The smallest absolute Gasteiger partial charge is 0.0947 e. The van der Waals surface area contributed by atoms with Gasteiger partial charge in [0, 0.05) is 29.6 Å². The zero-order valence-electron chi connectivity index (χ0n) is 10.7. The second kappa shape index (κ2) is 4.58. The van der Waals surface area contributed by atoms with E-state index in [0.717, 1.165) is 28.5 Å². The van der Waals surface area contributed by atoms with Crippen molar-refractivity contribution in [2.24, 2.45) is 12.8 Å². The molecular weight excluding hydrogens is 232 g/mol. The Kier molecular flexibility index (Phi) is 3.31. The van der Waals surface area contributed by atoms with Gasteiger partial charge in [-0.1, -0.05) is 0 Å². The number of hydrogen-bond donors (Lipinski definition) is 1. The van der Waals surface area contributed by atoms with Crippen LogP contribution in [0.1, 0.15) is 21.3 Å². The number of nitrogens with zero attached hydrogens (tertiary/aromatic N) is 3. The molecule has 17 heavy (non-hydrogen) atoms. The van der Waals surface area contributed by atoms with E-state index in [9.17, 15) is 0 Å². The molecule has 0 bridgehead atoms. The molecule has 2 aromatic rings. The Balaban J connectivity index is 2.52. The molecule has 0 atom stereocenters. The summed E-state index contributed by atoms with van der Waals surface area (Å²) in [5, 5.41) is 5.55. The predicted molar refractivity (Wildman–Crippen MR) is 71.3 cm³/mol. The molecule has 0 saturated carbocycles. The topological polar surface area (TPSA) is 56.7 Å². The number of nitrogens with two attached hydrogens (primary N) is 1. The summed E-state index contributed by atoms with van der Waals surface area (Å²) in [6, 6.07) is 0. The molecule has 2 heterocycles. The minimum atomic E-state index is 0.650. The van der Waals surface area contributed by atoms with Gasteiger partial charge in [-0.05, 0) is 27.3 Å². The highest BCUT2D eigenvalue weighted by Gasteiger charge is 2.17. The van der Waals surface area contributed by atoms with Crippen LogP contribution in [0.25, 0.3) is 11.3 Å². The van der Waals surface area contributed by atoms with Crippen molar-refractivity contribution in [1.29, 1.82) is 0 Å². The van der Waals surface area contributed by atoms with E-state index in [1.165, 1.54) is 10.4 Å². The van der Waals surface area contributed by atoms with E-state index in [1.807, 2.05) is 18.7 Å². The van der Waals surface area contributed by atoms with Crippen LogP contribution in [0.3, 0.4) is 0 Å². The first-order chi connectivity index (χ1) is 8.04. The second-order valence-corrected chi connectivity index (χ2v) is 5.51. The summed E-state index contributed by atoms with van der Waals surface area (Å²) in [5.41, 5.74) is 10.0. The molecule has 0 aliphatic rings. The van der Waals surface area contributed by atoms with Gasteiger partial charge in [-0.15, -0.1) is 11.3 Å². The van der Waals surface area contributed by atoms with Gasteiger partial charge in [-0.2, -0.15) is 5.10 Å². The highest BCUT2D eigenvalue weighted by Crippen LogP contribution is 2.31. The quantitative estimate of drug-likeness (QED) is 0.906. The second-order valence-electron chi connectivity index (χ2n) is 4.22. The van der Waals surface area contributed by atoms with Crippen molar-refractivity contribution in [3.63, 3.8) is 0 Å². The van der Waals surface area contributed by atoms with Crippen molar-refractivity contribution in [3.05, 3.63) is 21.3 Å². The van der Waals surface area contributed by atoms with Crippen LogP contribution in [-0.2, 0) is 13.5 Å². The molecule has 2 rings (SSSR count). The zero-order valence-corrected chi connectivity index (χ0v) is 11.6. The van der Waals surface area contributed by atoms with Gasteiger partial charge >= 0.3 is 0 Å². The molecule has 4 nitrogen and oxygen atoms in total. The number of thiazole rings is 1. The highest BCUT2D eigenvalue weighted by molar-refractivity contribution is 7.12. The van der Waals surface area contributed by atoms with Crippen molar-refractivity contribution in [2.75, 3.05) is 6.54 Å². The van der Waals surface area contributed by atoms with Crippen LogP contribution in [0.5, 0.6) is 0 Å². The monoisotopic (exact) mass is 250 g/mol. The molecule has 0 aliphatic heterocycles. The van der Waals surface area contributed by atoms with E-state index in [4.69, 9.17) is 5.73 Å². The molecule has 2 N–H and O–H groups in total. The van der Waals surface area contributed by atoms with Crippen LogP contribution in [-0.4, -0.2) is 21.3 Å². The van der Waals surface area contributed by atoms with E-state index in [-0.39, 0.29) is 0 Å². The van der Waals surface area contributed by atoms with Crippen molar-refractivity contribution in [3.8, 4) is 11.3 Å². The number of rotatable bonds is 3. The molecule has 2 aromatic heterocycles. The number of aryl methyl sites for hydroxylation is 3. The van der Waals surface area contributed by atoms with E-state index < -0.39 is 0 Å². The lowest BCUT2D eigenvalue weighted by Gasteiger charge is -1.99. The Labute approximate surface area is 105 Å². The first kappa shape index (κ1) is 12.3. The maximum atomic E-state index is 5.57. The Morgan fingerprint density at radius 1 is 1.29 bits per heavy atom. The van der Waals surface area contributed by atoms with Crippen LogP contribution in [0.15, 0.2) is 0 Å². The summed E-state index contributed by atoms with van der Waals surface area (Å²) in [4.78, 5) is 5.93. The van der Waals surface area contributed by atoms with Gasteiger partial charge < -0.3 is 5.73 Å². The van der Waals surface area contributed by atoms with Gasteiger partial charge in [-0.3, -0.25) is 4.68 Å². The fourth-order valence-electron chi connectivity index (χ4n) is 2.03. The molecular formula is C12H18N4S. The lowest BCUT2D eigenvalue weighted by Crippen LogP contribution is -2.02. The molecule has 0 radical (unpaired) electrons. The summed E-state index contributed by atoms with van der Waals surface area (Å²) in [5.74, 6) is 0. The van der Waals surface area contributed by atoms with Crippen molar-refractivity contribution in [2.45, 2.75) is 27.2 Å². The van der Waals surface area contributed by atoms with Crippen LogP contribution >= 0.6 is 11.3 Å². The number of hydrogen-bond acceptors (Lipinski definition) is 4. The third-order valence-electron chi connectivity index (χ3n) is 2.94. The van der Waals surface area contributed by atoms with Crippen LogP contribution in [0.4, 0.5) is 0 Å². The Morgan fingerprint density at radius 2 is 2.00 bits per heavy atom. The standard InChI is InChI=1S/C12H18N4S/c1-7-11(8(2)16(4)15-7)12-9(3)17-10(14-12)5-6-13/h5-6,13H2,1-4H3. The van der Waals surface area contributed by atoms with Crippen LogP contribution < -0.4 is 5.73 Å². The highest BCUT2D eigenvalue weighted by atomic mass is 32.1. The molecule has 0 amide bonds. The van der Waals surface area contributed by atoms with Crippen LogP contribution in [0.2, 0.25) is 0 Å². The SMILES string of the molecule is Cc1nn(C)c(C)c1-c1nc(CCN)sc1C. The molecule has 0 aliphatic carbocycles. The Hall–Kier alpha value is -1.20. The summed E-state index contributed by atoms with van der Waals surface area (Å²) in [6.45, 7) is 6.87. The summed E-state index contributed by atoms with van der Waals surface area (Å²) in [7, 11) is 1.97. The minimum Gasteiger partial charge on any atom is -0.330 e. The minimum absolute atomic E-state index is 0.650. The summed E-state index contributed by atoms with van der Waals surface area (Å²) in [6.07, 6.45) is 0.851. The average Bonchev–Trinajstić information content (AvgIpc) is 2.71. The summed E-state index contributed by atoms with van der Waals surface area (Å²) >= 11 is 1.73. The third-order valence-corrected chi connectivity index (χ3v) is 3.98. The average molecular weight is 250 g/mol. The molecule has 0 unspecified atom stereocenters. The van der Waals surface area contributed by atoms with Crippen LogP contribution in [0, 0.1) is 20.8 Å². The molecule has 0 spiro atoms. The van der Waals surface area contributed by atoms with Gasteiger partial charge in [0.2, 0.25) is 0 Å². The van der Waals surface area contributed by atoms with E-state index in [1.54, 1.807) is 11.3 Å². The van der Waals surface area contributed by atoms with Crippen molar-refractivity contribution in [1.82, 2.24) is 14.8 Å². The van der Waals surface area contributed by atoms with E-state index in [0.29, 0.717) is 6.54 Å².